The van der Waals surface area contributed by atoms with E-state index >= 15 is 0 Å². The first-order valence-corrected chi connectivity index (χ1v) is 6.20. The van der Waals surface area contributed by atoms with E-state index in [9.17, 15) is 4.79 Å². The maximum atomic E-state index is 11.4. The molecule has 0 saturated carbocycles. The number of anilines is 1. The number of hydrogen-bond acceptors (Lipinski definition) is 5. The Morgan fingerprint density at radius 3 is 2.89 bits per heavy atom. The van der Waals surface area contributed by atoms with Crippen molar-refractivity contribution in [3.8, 4) is 0 Å². The first kappa shape index (κ1) is 13.1. The van der Waals surface area contributed by atoms with Gasteiger partial charge in [-0.25, -0.2) is 4.79 Å². The van der Waals surface area contributed by atoms with Crippen LogP contribution in [0.15, 0.2) is 41.0 Å². The molecule has 0 atom stereocenters. The highest BCUT2D eigenvalue weighted by atomic mass is 16.5. The minimum absolute atomic E-state index is 0.184. The van der Waals surface area contributed by atoms with Crippen molar-refractivity contribution in [2.75, 3.05) is 18.5 Å². The van der Waals surface area contributed by atoms with Crippen LogP contribution in [0.3, 0.4) is 0 Å². The summed E-state index contributed by atoms with van der Waals surface area (Å²) in [7, 11) is 0. The van der Waals surface area contributed by atoms with Gasteiger partial charge in [-0.15, -0.1) is 0 Å². The molecule has 2 aromatic rings. The lowest BCUT2D eigenvalue weighted by Gasteiger charge is -2.01. The van der Waals surface area contributed by atoms with Gasteiger partial charge in [-0.2, -0.15) is 4.98 Å². The number of hydrogen-bond donors (Lipinski definition) is 1. The van der Waals surface area contributed by atoms with Crippen LogP contribution < -0.4 is 5.32 Å². The predicted molar refractivity (Wildman–Crippen MR) is 71.1 cm³/mol. The van der Waals surface area contributed by atoms with Gasteiger partial charge in [0.2, 0.25) is 0 Å². The number of esters is 1. The third-order valence-electron chi connectivity index (χ3n) is 2.52. The Hall–Kier alpha value is -2.30. The summed E-state index contributed by atoms with van der Waals surface area (Å²) in [5, 5.41) is 3.02. The third kappa shape index (κ3) is 3.84. The molecular formula is C14H16N2O3. The average Bonchev–Trinajstić information content (AvgIpc) is 2.89. The molecule has 2 rings (SSSR count). The first-order chi connectivity index (χ1) is 9.29. The molecule has 0 aliphatic carbocycles. The van der Waals surface area contributed by atoms with Crippen molar-refractivity contribution in [2.45, 2.75) is 13.3 Å². The number of carbonyl (C=O) groups is 1. The van der Waals surface area contributed by atoms with Gasteiger partial charge in [-0.3, -0.25) is 0 Å². The molecule has 0 unspecified atom stereocenters. The van der Waals surface area contributed by atoms with Crippen LogP contribution >= 0.6 is 0 Å². The van der Waals surface area contributed by atoms with Crippen molar-refractivity contribution in [1.82, 2.24) is 4.98 Å². The van der Waals surface area contributed by atoms with E-state index in [1.54, 1.807) is 6.92 Å². The van der Waals surface area contributed by atoms with E-state index in [-0.39, 0.29) is 5.69 Å². The Morgan fingerprint density at radius 2 is 2.16 bits per heavy atom. The number of oxazole rings is 1. The molecule has 100 valence electrons. The second kappa shape index (κ2) is 6.58. The van der Waals surface area contributed by atoms with E-state index in [1.807, 2.05) is 18.2 Å². The number of carbonyl (C=O) groups excluding carboxylic acids is 1. The minimum Gasteiger partial charge on any atom is -0.461 e. The molecule has 0 spiro atoms. The molecule has 0 fully saturated rings. The number of ether oxygens (including phenoxy) is 1. The third-order valence-corrected chi connectivity index (χ3v) is 2.52. The molecule has 1 N–H and O–H groups in total. The fourth-order valence-corrected chi connectivity index (χ4v) is 1.61. The lowest BCUT2D eigenvalue weighted by Crippen LogP contribution is -2.07. The Balaban J connectivity index is 1.82. The molecule has 0 saturated heterocycles. The summed E-state index contributed by atoms with van der Waals surface area (Å²) < 4.78 is 9.97. The summed E-state index contributed by atoms with van der Waals surface area (Å²) in [4.78, 5) is 15.4. The van der Waals surface area contributed by atoms with Gasteiger partial charge in [0.05, 0.1) is 6.61 Å². The summed E-state index contributed by atoms with van der Waals surface area (Å²) in [6.07, 6.45) is 2.15. The summed E-state index contributed by atoms with van der Waals surface area (Å²) in [6.45, 7) is 2.76. The van der Waals surface area contributed by atoms with E-state index in [4.69, 9.17) is 9.15 Å². The maximum Gasteiger partial charge on any atom is 0.360 e. The van der Waals surface area contributed by atoms with Gasteiger partial charge in [0.1, 0.15) is 6.26 Å². The second-order valence-electron chi connectivity index (χ2n) is 3.92. The van der Waals surface area contributed by atoms with Crippen molar-refractivity contribution in [3.63, 3.8) is 0 Å². The molecule has 0 aliphatic heterocycles. The Morgan fingerprint density at radius 1 is 1.37 bits per heavy atom. The highest BCUT2D eigenvalue weighted by Crippen LogP contribution is 2.09. The van der Waals surface area contributed by atoms with Gasteiger partial charge in [0, 0.05) is 6.54 Å². The van der Waals surface area contributed by atoms with Gasteiger partial charge >= 0.3 is 5.97 Å². The molecule has 0 radical (unpaired) electrons. The van der Waals surface area contributed by atoms with Crippen LogP contribution in [-0.2, 0) is 11.2 Å². The SMILES string of the molecule is CCOC(=O)c1coc(NCCc2ccccc2)n1. The zero-order chi connectivity index (χ0) is 13.5. The number of rotatable bonds is 6. The highest BCUT2D eigenvalue weighted by molar-refractivity contribution is 5.87. The summed E-state index contributed by atoms with van der Waals surface area (Å²) >= 11 is 0. The van der Waals surface area contributed by atoms with E-state index in [2.05, 4.69) is 22.4 Å². The maximum absolute atomic E-state index is 11.4. The van der Waals surface area contributed by atoms with Crippen LogP contribution in [0, 0.1) is 0 Å². The Labute approximate surface area is 111 Å². The Kier molecular flexibility index (Phi) is 4.55. The van der Waals surface area contributed by atoms with Gasteiger partial charge in [0.25, 0.3) is 6.01 Å². The smallest absolute Gasteiger partial charge is 0.360 e. The average molecular weight is 260 g/mol. The molecule has 1 aromatic carbocycles. The first-order valence-electron chi connectivity index (χ1n) is 6.20. The minimum atomic E-state index is -0.470. The van der Waals surface area contributed by atoms with E-state index in [0.717, 1.165) is 6.42 Å². The van der Waals surface area contributed by atoms with Crippen molar-refractivity contribution in [3.05, 3.63) is 47.9 Å². The Bertz CT molecular complexity index is 522. The molecule has 5 nitrogen and oxygen atoms in total. The summed E-state index contributed by atoms with van der Waals surface area (Å²) in [5.74, 6) is -0.470. The van der Waals surface area contributed by atoms with Crippen molar-refractivity contribution >= 4 is 12.0 Å². The fourth-order valence-electron chi connectivity index (χ4n) is 1.61. The molecule has 19 heavy (non-hydrogen) atoms. The molecule has 1 heterocycles. The van der Waals surface area contributed by atoms with Crippen molar-refractivity contribution < 1.29 is 13.9 Å². The zero-order valence-corrected chi connectivity index (χ0v) is 10.8. The van der Waals surface area contributed by atoms with Crippen molar-refractivity contribution in [1.29, 1.82) is 0 Å². The van der Waals surface area contributed by atoms with Crippen LogP contribution in [0.4, 0.5) is 6.01 Å². The summed E-state index contributed by atoms with van der Waals surface area (Å²) in [5.41, 5.74) is 1.41. The van der Waals surface area contributed by atoms with Crippen molar-refractivity contribution in [2.24, 2.45) is 0 Å². The molecule has 0 bridgehead atoms. The largest absolute Gasteiger partial charge is 0.461 e. The van der Waals surface area contributed by atoms with E-state index < -0.39 is 5.97 Å². The second-order valence-corrected chi connectivity index (χ2v) is 3.92. The molecule has 0 aliphatic rings. The van der Waals surface area contributed by atoms with Crippen LogP contribution in [0.1, 0.15) is 23.0 Å². The molecule has 1 aromatic heterocycles. The topological polar surface area (TPSA) is 64.4 Å². The molecule has 5 heteroatoms. The number of aromatic nitrogens is 1. The highest BCUT2D eigenvalue weighted by Gasteiger charge is 2.12. The quantitative estimate of drug-likeness (QED) is 0.808. The standard InChI is InChI=1S/C14H16N2O3/c1-2-18-13(17)12-10-19-14(16-12)15-9-8-11-6-4-3-5-7-11/h3-7,10H,2,8-9H2,1H3,(H,15,16). The molecular weight excluding hydrogens is 244 g/mol. The predicted octanol–water partition coefficient (Wildman–Crippen LogP) is 2.51. The van der Waals surface area contributed by atoms with Gasteiger partial charge in [-0.05, 0) is 18.9 Å². The van der Waals surface area contributed by atoms with Gasteiger partial charge < -0.3 is 14.5 Å². The lowest BCUT2D eigenvalue weighted by molar-refractivity contribution is 0.0519. The van der Waals surface area contributed by atoms with Gasteiger partial charge in [-0.1, -0.05) is 30.3 Å². The zero-order valence-electron chi connectivity index (χ0n) is 10.8. The number of nitrogens with one attached hydrogen (secondary N) is 1. The van der Waals surface area contributed by atoms with Crippen LogP contribution in [-0.4, -0.2) is 24.1 Å². The molecule has 0 amide bonds. The summed E-state index contributed by atoms with van der Waals surface area (Å²) in [6, 6.07) is 10.4. The fraction of sp³-hybridized carbons (Fsp3) is 0.286. The van der Waals surface area contributed by atoms with Crippen LogP contribution in [0.2, 0.25) is 0 Å². The van der Waals surface area contributed by atoms with E-state index in [0.29, 0.717) is 19.2 Å². The number of nitrogens with zero attached hydrogens (tertiary/aromatic N) is 1. The van der Waals surface area contributed by atoms with Crippen LogP contribution in [0.25, 0.3) is 0 Å². The van der Waals surface area contributed by atoms with Crippen LogP contribution in [0.5, 0.6) is 0 Å². The normalized spacial score (nSPS) is 10.2. The number of benzene rings is 1. The van der Waals surface area contributed by atoms with Gasteiger partial charge in [0.15, 0.2) is 5.69 Å². The van der Waals surface area contributed by atoms with E-state index in [1.165, 1.54) is 11.8 Å². The lowest BCUT2D eigenvalue weighted by atomic mass is 10.1. The monoisotopic (exact) mass is 260 g/mol.